The van der Waals surface area contributed by atoms with Gasteiger partial charge in [0.25, 0.3) is 0 Å². The zero-order valence-corrected chi connectivity index (χ0v) is 13.0. The average Bonchev–Trinajstić information content (AvgIpc) is 2.61. The summed E-state index contributed by atoms with van der Waals surface area (Å²) in [4.78, 5) is 0. The lowest BCUT2D eigenvalue weighted by Crippen LogP contribution is -2.08. The van der Waals surface area contributed by atoms with Crippen LogP contribution in [0.1, 0.15) is 28.2 Å². The van der Waals surface area contributed by atoms with Crippen LogP contribution in [0, 0.1) is 0 Å². The van der Waals surface area contributed by atoms with Crippen molar-refractivity contribution in [1.82, 2.24) is 0 Å². The van der Waals surface area contributed by atoms with Gasteiger partial charge in [0.15, 0.2) is 0 Å². The molecule has 0 spiro atoms. The fourth-order valence-corrected chi connectivity index (χ4v) is 2.87. The molecule has 24 heavy (non-hydrogen) atoms. The van der Waals surface area contributed by atoms with E-state index in [1.54, 1.807) is 12.1 Å². The molecule has 0 nitrogen and oxygen atoms in total. The SMILES string of the molecule is FC(F)(F)c1ccc(C(Cc2ccccc2)c2ccccc2)cc1. The Bertz CT molecular complexity index is 760. The van der Waals surface area contributed by atoms with Gasteiger partial charge in [-0.05, 0) is 35.2 Å². The summed E-state index contributed by atoms with van der Waals surface area (Å²) in [7, 11) is 0. The van der Waals surface area contributed by atoms with E-state index in [2.05, 4.69) is 0 Å². The Kier molecular flexibility index (Phi) is 4.70. The molecule has 0 N–H and O–H groups in total. The number of hydrogen-bond acceptors (Lipinski definition) is 0. The molecule has 0 amide bonds. The molecule has 0 aliphatic heterocycles. The number of rotatable bonds is 4. The van der Waals surface area contributed by atoms with Crippen LogP contribution in [0.3, 0.4) is 0 Å². The predicted octanol–water partition coefficient (Wildman–Crippen LogP) is 6.08. The topological polar surface area (TPSA) is 0 Å². The van der Waals surface area contributed by atoms with Crippen molar-refractivity contribution < 1.29 is 13.2 Å². The molecule has 3 aromatic carbocycles. The zero-order chi connectivity index (χ0) is 17.0. The highest BCUT2D eigenvalue weighted by molar-refractivity contribution is 5.37. The molecule has 3 rings (SSSR count). The first-order valence-electron chi connectivity index (χ1n) is 7.80. The van der Waals surface area contributed by atoms with E-state index in [0.717, 1.165) is 35.2 Å². The molecule has 0 aliphatic rings. The second kappa shape index (κ2) is 6.91. The van der Waals surface area contributed by atoms with Crippen molar-refractivity contribution in [2.75, 3.05) is 0 Å². The molecule has 0 saturated carbocycles. The highest BCUT2D eigenvalue weighted by Gasteiger charge is 2.30. The fourth-order valence-electron chi connectivity index (χ4n) is 2.87. The normalized spacial score (nSPS) is 12.8. The van der Waals surface area contributed by atoms with Gasteiger partial charge >= 0.3 is 6.18 Å². The van der Waals surface area contributed by atoms with Crippen LogP contribution in [0.15, 0.2) is 84.9 Å². The van der Waals surface area contributed by atoms with Crippen molar-refractivity contribution >= 4 is 0 Å². The second-order valence-corrected chi connectivity index (χ2v) is 5.77. The lowest BCUT2D eigenvalue weighted by Gasteiger charge is -2.19. The van der Waals surface area contributed by atoms with Gasteiger partial charge in [-0.3, -0.25) is 0 Å². The molecule has 3 heteroatoms. The monoisotopic (exact) mass is 326 g/mol. The molecule has 0 aromatic heterocycles. The molecule has 0 bridgehead atoms. The van der Waals surface area contributed by atoms with Crippen molar-refractivity contribution in [3.8, 4) is 0 Å². The average molecular weight is 326 g/mol. The molecule has 0 radical (unpaired) electrons. The van der Waals surface area contributed by atoms with Crippen LogP contribution in [0.5, 0.6) is 0 Å². The van der Waals surface area contributed by atoms with Crippen LogP contribution in [0.25, 0.3) is 0 Å². The van der Waals surface area contributed by atoms with Gasteiger partial charge in [-0.2, -0.15) is 13.2 Å². The van der Waals surface area contributed by atoms with Gasteiger partial charge < -0.3 is 0 Å². The number of halogens is 3. The molecule has 3 aromatic rings. The Labute approximate surface area is 139 Å². The van der Waals surface area contributed by atoms with Gasteiger partial charge in [-0.25, -0.2) is 0 Å². The lowest BCUT2D eigenvalue weighted by molar-refractivity contribution is -0.137. The third-order valence-corrected chi connectivity index (χ3v) is 4.12. The zero-order valence-electron chi connectivity index (χ0n) is 13.0. The fraction of sp³-hybridized carbons (Fsp3) is 0.143. The summed E-state index contributed by atoms with van der Waals surface area (Å²) >= 11 is 0. The van der Waals surface area contributed by atoms with E-state index in [4.69, 9.17) is 0 Å². The summed E-state index contributed by atoms with van der Waals surface area (Å²) in [5.74, 6) is 0.0240. The third kappa shape index (κ3) is 3.85. The summed E-state index contributed by atoms with van der Waals surface area (Å²) in [6.07, 6.45) is -3.56. The van der Waals surface area contributed by atoms with Gasteiger partial charge in [0.05, 0.1) is 5.56 Å². The third-order valence-electron chi connectivity index (χ3n) is 4.12. The van der Waals surface area contributed by atoms with Crippen molar-refractivity contribution in [2.45, 2.75) is 18.5 Å². The Morgan fingerprint density at radius 1 is 0.625 bits per heavy atom. The summed E-state index contributed by atoms with van der Waals surface area (Å²) in [5.41, 5.74) is 2.53. The van der Waals surface area contributed by atoms with Crippen LogP contribution in [-0.4, -0.2) is 0 Å². The summed E-state index contributed by atoms with van der Waals surface area (Å²) in [5, 5.41) is 0. The van der Waals surface area contributed by atoms with E-state index < -0.39 is 11.7 Å². The minimum Gasteiger partial charge on any atom is -0.166 e. The van der Waals surface area contributed by atoms with Crippen LogP contribution < -0.4 is 0 Å². The van der Waals surface area contributed by atoms with Crippen LogP contribution in [0.4, 0.5) is 13.2 Å². The van der Waals surface area contributed by atoms with E-state index in [1.807, 2.05) is 60.7 Å². The van der Waals surface area contributed by atoms with E-state index in [9.17, 15) is 13.2 Å². The first-order chi connectivity index (χ1) is 11.5. The molecule has 0 fully saturated rings. The van der Waals surface area contributed by atoms with Gasteiger partial charge in [0, 0.05) is 5.92 Å². The molecule has 1 unspecified atom stereocenters. The van der Waals surface area contributed by atoms with Crippen molar-refractivity contribution in [2.24, 2.45) is 0 Å². The maximum Gasteiger partial charge on any atom is 0.416 e. The molecular formula is C21H17F3. The molecule has 122 valence electrons. The Balaban J connectivity index is 1.95. The predicted molar refractivity (Wildman–Crippen MR) is 89.9 cm³/mol. The molecular weight excluding hydrogens is 309 g/mol. The number of hydrogen-bond donors (Lipinski definition) is 0. The van der Waals surface area contributed by atoms with Crippen molar-refractivity contribution in [3.05, 3.63) is 107 Å². The minimum atomic E-state index is -4.31. The van der Waals surface area contributed by atoms with Crippen molar-refractivity contribution in [3.63, 3.8) is 0 Å². The van der Waals surface area contributed by atoms with E-state index in [-0.39, 0.29) is 5.92 Å². The van der Waals surface area contributed by atoms with Gasteiger partial charge in [0.2, 0.25) is 0 Å². The molecule has 0 saturated heterocycles. The maximum absolute atomic E-state index is 12.8. The largest absolute Gasteiger partial charge is 0.416 e. The second-order valence-electron chi connectivity index (χ2n) is 5.77. The van der Waals surface area contributed by atoms with E-state index in [1.165, 1.54) is 0 Å². The van der Waals surface area contributed by atoms with Gasteiger partial charge in [-0.15, -0.1) is 0 Å². The molecule has 0 aliphatic carbocycles. The van der Waals surface area contributed by atoms with Crippen molar-refractivity contribution in [1.29, 1.82) is 0 Å². The lowest BCUT2D eigenvalue weighted by atomic mass is 9.85. The summed E-state index contributed by atoms with van der Waals surface area (Å²) in [6.45, 7) is 0. The maximum atomic E-state index is 12.8. The Hall–Kier alpha value is -2.55. The smallest absolute Gasteiger partial charge is 0.166 e. The minimum absolute atomic E-state index is 0.0240. The molecule has 0 heterocycles. The highest BCUT2D eigenvalue weighted by Crippen LogP contribution is 2.33. The van der Waals surface area contributed by atoms with E-state index in [0.29, 0.717) is 0 Å². The quantitative estimate of drug-likeness (QED) is 0.545. The standard InChI is InChI=1S/C21H17F3/c22-21(23,24)19-13-11-18(12-14-19)20(17-9-5-2-6-10-17)15-16-7-3-1-4-8-16/h1-14,20H,15H2. The van der Waals surface area contributed by atoms with Crippen LogP contribution in [0.2, 0.25) is 0 Å². The Morgan fingerprint density at radius 2 is 1.12 bits per heavy atom. The number of alkyl halides is 3. The van der Waals surface area contributed by atoms with Crippen LogP contribution >= 0.6 is 0 Å². The van der Waals surface area contributed by atoms with Crippen LogP contribution in [-0.2, 0) is 12.6 Å². The highest BCUT2D eigenvalue weighted by atomic mass is 19.4. The van der Waals surface area contributed by atoms with Gasteiger partial charge in [0.1, 0.15) is 0 Å². The number of benzene rings is 3. The Morgan fingerprint density at radius 3 is 1.67 bits per heavy atom. The summed E-state index contributed by atoms with van der Waals surface area (Å²) < 4.78 is 38.4. The van der Waals surface area contributed by atoms with Gasteiger partial charge in [-0.1, -0.05) is 72.8 Å². The first-order valence-corrected chi connectivity index (χ1v) is 7.80. The first kappa shape index (κ1) is 16.3. The van der Waals surface area contributed by atoms with E-state index >= 15 is 0 Å². The summed E-state index contributed by atoms with van der Waals surface area (Å²) in [6, 6.07) is 25.4. The molecule has 1 atom stereocenters.